The molecule has 5 heteroatoms. The van der Waals surface area contributed by atoms with Gasteiger partial charge in [-0.1, -0.05) is 17.7 Å². The lowest BCUT2D eigenvalue weighted by Crippen LogP contribution is -2.09. The number of rotatable bonds is 3. The first kappa shape index (κ1) is 11.7. The molecule has 0 aliphatic rings. The zero-order valence-electron chi connectivity index (χ0n) is 9.35. The van der Waals surface area contributed by atoms with Crippen molar-refractivity contribution in [2.45, 2.75) is 13.5 Å². The summed E-state index contributed by atoms with van der Waals surface area (Å²) in [5.74, 6) is -0.468. The van der Waals surface area contributed by atoms with E-state index >= 15 is 0 Å². The van der Waals surface area contributed by atoms with Gasteiger partial charge in [-0.15, -0.1) is 0 Å². The summed E-state index contributed by atoms with van der Waals surface area (Å²) in [5.41, 5.74) is 7.77. The van der Waals surface area contributed by atoms with Crippen LogP contribution in [0.25, 0.3) is 0 Å². The van der Waals surface area contributed by atoms with Gasteiger partial charge in [0.05, 0.1) is 18.3 Å². The Bertz CT molecular complexity index is 563. The monoisotopic (exact) mass is 249 g/mol. The van der Waals surface area contributed by atoms with Gasteiger partial charge in [-0.3, -0.25) is 9.48 Å². The van der Waals surface area contributed by atoms with Gasteiger partial charge >= 0.3 is 0 Å². The number of nitrogens with zero attached hydrogens (tertiary/aromatic N) is 2. The molecule has 2 aromatic rings. The summed E-state index contributed by atoms with van der Waals surface area (Å²) in [4.78, 5) is 10.9. The highest BCUT2D eigenvalue weighted by atomic mass is 35.5. The van der Waals surface area contributed by atoms with Crippen molar-refractivity contribution in [1.82, 2.24) is 9.78 Å². The molecule has 0 fully saturated rings. The maximum Gasteiger partial charge on any atom is 0.251 e. The number of hydrogen-bond acceptors (Lipinski definition) is 2. The fourth-order valence-electron chi connectivity index (χ4n) is 1.59. The number of halogens is 1. The Morgan fingerprint density at radius 3 is 2.88 bits per heavy atom. The predicted octanol–water partition coefficient (Wildman–Crippen LogP) is 1.99. The van der Waals surface area contributed by atoms with Crippen LogP contribution in [0, 0.1) is 6.92 Å². The van der Waals surface area contributed by atoms with Gasteiger partial charge < -0.3 is 5.73 Å². The molecule has 88 valence electrons. The molecule has 1 amide bonds. The van der Waals surface area contributed by atoms with Crippen LogP contribution in [0.3, 0.4) is 0 Å². The number of benzene rings is 1. The average molecular weight is 250 g/mol. The Kier molecular flexibility index (Phi) is 3.15. The number of aromatic nitrogens is 2. The zero-order chi connectivity index (χ0) is 12.4. The van der Waals surface area contributed by atoms with E-state index in [1.165, 1.54) is 6.20 Å². The number of amides is 1. The second-order valence-electron chi connectivity index (χ2n) is 3.86. The fraction of sp³-hybridized carbons (Fsp3) is 0.167. The molecule has 0 bridgehead atoms. The molecule has 17 heavy (non-hydrogen) atoms. The molecule has 0 aliphatic carbocycles. The highest BCUT2D eigenvalue weighted by molar-refractivity contribution is 6.30. The minimum Gasteiger partial charge on any atom is -0.366 e. The number of aryl methyl sites for hydroxylation is 1. The van der Waals surface area contributed by atoms with Crippen LogP contribution < -0.4 is 5.73 Å². The molecule has 1 aromatic heterocycles. The standard InChI is InChI=1S/C12H12ClN3O/c1-8-4-11(13)3-2-9(8)6-16-7-10(5-15-16)12(14)17/h2-5,7H,6H2,1H3,(H2,14,17). The van der Waals surface area contributed by atoms with Gasteiger partial charge in [0.25, 0.3) is 5.91 Å². The van der Waals surface area contributed by atoms with Crippen LogP contribution in [0.15, 0.2) is 30.6 Å². The summed E-state index contributed by atoms with van der Waals surface area (Å²) in [6.45, 7) is 2.58. The van der Waals surface area contributed by atoms with E-state index in [1.807, 2.05) is 25.1 Å². The number of carbonyl (C=O) groups excluding carboxylic acids is 1. The third kappa shape index (κ3) is 2.65. The molecular weight excluding hydrogens is 238 g/mol. The summed E-state index contributed by atoms with van der Waals surface area (Å²) in [7, 11) is 0. The van der Waals surface area contributed by atoms with E-state index < -0.39 is 5.91 Å². The molecule has 1 heterocycles. The zero-order valence-corrected chi connectivity index (χ0v) is 10.1. The summed E-state index contributed by atoms with van der Waals surface area (Å²) >= 11 is 5.88. The largest absolute Gasteiger partial charge is 0.366 e. The van der Waals surface area contributed by atoms with E-state index in [1.54, 1.807) is 10.9 Å². The van der Waals surface area contributed by atoms with Crippen LogP contribution in [-0.4, -0.2) is 15.7 Å². The van der Waals surface area contributed by atoms with Crippen molar-refractivity contribution in [3.63, 3.8) is 0 Å². The van der Waals surface area contributed by atoms with Crippen LogP contribution in [-0.2, 0) is 6.54 Å². The van der Waals surface area contributed by atoms with E-state index in [2.05, 4.69) is 5.10 Å². The average Bonchev–Trinajstić information content (AvgIpc) is 2.71. The van der Waals surface area contributed by atoms with Crippen LogP contribution in [0.1, 0.15) is 21.5 Å². The van der Waals surface area contributed by atoms with Gasteiger partial charge in [-0.25, -0.2) is 0 Å². The van der Waals surface area contributed by atoms with E-state index in [4.69, 9.17) is 17.3 Å². The van der Waals surface area contributed by atoms with E-state index in [-0.39, 0.29) is 0 Å². The van der Waals surface area contributed by atoms with Gasteiger partial charge in [0.1, 0.15) is 0 Å². The molecule has 4 nitrogen and oxygen atoms in total. The third-order valence-corrected chi connectivity index (χ3v) is 2.79. The van der Waals surface area contributed by atoms with E-state index in [0.717, 1.165) is 11.1 Å². The number of primary amides is 1. The van der Waals surface area contributed by atoms with Crippen molar-refractivity contribution in [2.75, 3.05) is 0 Å². The molecule has 2 rings (SSSR count). The quantitative estimate of drug-likeness (QED) is 0.904. The Labute approximate surface area is 104 Å². The van der Waals surface area contributed by atoms with Crippen molar-refractivity contribution in [2.24, 2.45) is 5.73 Å². The lowest BCUT2D eigenvalue weighted by atomic mass is 10.1. The molecule has 0 atom stereocenters. The molecule has 0 saturated heterocycles. The fourth-order valence-corrected chi connectivity index (χ4v) is 1.82. The second kappa shape index (κ2) is 4.59. The summed E-state index contributed by atoms with van der Waals surface area (Å²) in [5, 5.41) is 4.79. The Morgan fingerprint density at radius 2 is 2.29 bits per heavy atom. The molecule has 0 radical (unpaired) electrons. The maximum absolute atomic E-state index is 10.9. The topological polar surface area (TPSA) is 60.9 Å². The smallest absolute Gasteiger partial charge is 0.251 e. The number of carbonyl (C=O) groups is 1. The predicted molar refractivity (Wildman–Crippen MR) is 66.0 cm³/mol. The van der Waals surface area contributed by atoms with Gasteiger partial charge in [-0.2, -0.15) is 5.10 Å². The minimum absolute atomic E-state index is 0.414. The van der Waals surface area contributed by atoms with Crippen LogP contribution in [0.4, 0.5) is 0 Å². The summed E-state index contributed by atoms with van der Waals surface area (Å²) in [6.07, 6.45) is 3.10. The molecule has 2 N–H and O–H groups in total. The van der Waals surface area contributed by atoms with Gasteiger partial charge in [0.15, 0.2) is 0 Å². The summed E-state index contributed by atoms with van der Waals surface area (Å²) in [6, 6.07) is 5.68. The van der Waals surface area contributed by atoms with Gasteiger partial charge in [-0.05, 0) is 30.2 Å². The number of hydrogen-bond donors (Lipinski definition) is 1. The van der Waals surface area contributed by atoms with Crippen molar-refractivity contribution >= 4 is 17.5 Å². The van der Waals surface area contributed by atoms with Gasteiger partial charge in [0, 0.05) is 11.2 Å². The van der Waals surface area contributed by atoms with Crippen LogP contribution in [0.5, 0.6) is 0 Å². The SMILES string of the molecule is Cc1cc(Cl)ccc1Cn1cc(C(N)=O)cn1. The molecule has 1 aromatic carbocycles. The van der Waals surface area contributed by atoms with Crippen molar-refractivity contribution in [3.05, 3.63) is 52.3 Å². The lowest BCUT2D eigenvalue weighted by Gasteiger charge is -2.06. The molecule has 0 saturated carbocycles. The Balaban J connectivity index is 2.22. The Hall–Kier alpha value is -1.81. The highest BCUT2D eigenvalue weighted by Crippen LogP contribution is 2.16. The third-order valence-electron chi connectivity index (χ3n) is 2.55. The Morgan fingerprint density at radius 1 is 1.53 bits per heavy atom. The van der Waals surface area contributed by atoms with Crippen LogP contribution in [0.2, 0.25) is 5.02 Å². The van der Waals surface area contributed by atoms with E-state index in [9.17, 15) is 4.79 Å². The second-order valence-corrected chi connectivity index (χ2v) is 4.30. The van der Waals surface area contributed by atoms with Crippen molar-refractivity contribution < 1.29 is 4.79 Å². The lowest BCUT2D eigenvalue weighted by molar-refractivity contribution is 0.1000. The van der Waals surface area contributed by atoms with Gasteiger partial charge in [0.2, 0.25) is 0 Å². The first-order valence-corrected chi connectivity index (χ1v) is 5.51. The van der Waals surface area contributed by atoms with Crippen molar-refractivity contribution in [1.29, 1.82) is 0 Å². The molecule has 0 spiro atoms. The first-order valence-electron chi connectivity index (χ1n) is 5.13. The van der Waals surface area contributed by atoms with Crippen molar-refractivity contribution in [3.8, 4) is 0 Å². The molecular formula is C12H12ClN3O. The maximum atomic E-state index is 10.9. The normalized spacial score (nSPS) is 10.5. The first-order chi connectivity index (χ1) is 8.06. The minimum atomic E-state index is -0.468. The molecule has 0 unspecified atom stereocenters. The number of nitrogens with two attached hydrogens (primary N) is 1. The summed E-state index contributed by atoms with van der Waals surface area (Å²) < 4.78 is 1.68. The highest BCUT2D eigenvalue weighted by Gasteiger charge is 2.05. The molecule has 0 aliphatic heterocycles. The van der Waals surface area contributed by atoms with Crippen LogP contribution >= 0.6 is 11.6 Å². The van der Waals surface area contributed by atoms with E-state index in [0.29, 0.717) is 17.1 Å².